The second-order valence-corrected chi connectivity index (χ2v) is 7.86. The molecule has 0 spiro atoms. The zero-order valence-electron chi connectivity index (χ0n) is 14.1. The van der Waals surface area contributed by atoms with E-state index in [-0.39, 0.29) is 5.91 Å². The lowest BCUT2D eigenvalue weighted by molar-refractivity contribution is -0.115. The lowest BCUT2D eigenvalue weighted by atomic mass is 10.1. The van der Waals surface area contributed by atoms with Gasteiger partial charge in [-0.05, 0) is 25.1 Å². The van der Waals surface area contributed by atoms with Crippen LogP contribution in [0.4, 0.5) is 5.69 Å². The van der Waals surface area contributed by atoms with E-state index in [9.17, 15) is 4.79 Å². The largest absolute Gasteiger partial charge is 0.326 e. The summed E-state index contributed by atoms with van der Waals surface area (Å²) >= 11 is 4.96. The number of hydrogen-bond acceptors (Lipinski definition) is 3. The van der Waals surface area contributed by atoms with Crippen LogP contribution in [0, 0.1) is 6.92 Å². The van der Waals surface area contributed by atoms with Crippen molar-refractivity contribution in [2.45, 2.75) is 13.3 Å². The average Bonchev–Trinajstić information content (AvgIpc) is 3.18. The van der Waals surface area contributed by atoms with Crippen molar-refractivity contribution in [1.29, 1.82) is 0 Å². The molecule has 0 aliphatic rings. The maximum Gasteiger partial charge on any atom is 0.230 e. The Morgan fingerprint density at radius 1 is 1.23 bits per heavy atom. The van der Waals surface area contributed by atoms with Gasteiger partial charge in [0.2, 0.25) is 5.91 Å². The first-order valence-corrected chi connectivity index (χ1v) is 9.84. The topological polar surface area (TPSA) is 46.4 Å². The highest BCUT2D eigenvalue weighted by Gasteiger charge is 2.13. The Bertz CT molecular complexity index is 1080. The predicted octanol–water partition coefficient (Wildman–Crippen LogP) is 5.31. The second-order valence-electron chi connectivity index (χ2n) is 6.11. The minimum absolute atomic E-state index is 0.0478. The number of imidazole rings is 1. The number of fused-ring (bicyclic) bond motifs is 1. The van der Waals surface area contributed by atoms with Gasteiger partial charge in [-0.2, -0.15) is 0 Å². The van der Waals surface area contributed by atoms with E-state index >= 15 is 0 Å². The second kappa shape index (κ2) is 7.05. The standard InChI is InChI=1S/C20H16BrN3OS/c1-13-5-7-14(8-6-13)18-11-24-17(12-26-20(24)23-18)10-19(25)22-16-4-2-3-15(21)9-16/h2-9,11-12H,10H2,1H3,(H,22,25). The number of anilines is 1. The Morgan fingerprint density at radius 3 is 2.81 bits per heavy atom. The summed E-state index contributed by atoms with van der Waals surface area (Å²) in [5.41, 5.74) is 4.94. The first kappa shape index (κ1) is 17.0. The van der Waals surface area contributed by atoms with E-state index in [0.717, 1.165) is 32.1 Å². The first-order chi connectivity index (χ1) is 12.6. The van der Waals surface area contributed by atoms with Crippen LogP contribution < -0.4 is 5.32 Å². The molecule has 26 heavy (non-hydrogen) atoms. The lowest BCUT2D eigenvalue weighted by Gasteiger charge is -2.05. The van der Waals surface area contributed by atoms with Gasteiger partial charge in [0.1, 0.15) is 0 Å². The van der Waals surface area contributed by atoms with Crippen molar-refractivity contribution >= 4 is 43.8 Å². The minimum atomic E-state index is -0.0478. The maximum atomic E-state index is 12.4. The summed E-state index contributed by atoms with van der Waals surface area (Å²) in [4.78, 5) is 18.0. The van der Waals surface area contributed by atoms with Crippen LogP contribution in [0.5, 0.6) is 0 Å². The van der Waals surface area contributed by atoms with Gasteiger partial charge < -0.3 is 5.32 Å². The van der Waals surface area contributed by atoms with Gasteiger partial charge in [-0.15, -0.1) is 11.3 Å². The normalized spacial score (nSPS) is 11.0. The third-order valence-electron chi connectivity index (χ3n) is 4.08. The van der Waals surface area contributed by atoms with Crippen LogP contribution in [0.3, 0.4) is 0 Å². The molecule has 0 saturated carbocycles. The number of benzene rings is 2. The van der Waals surface area contributed by atoms with E-state index in [0.29, 0.717) is 6.42 Å². The summed E-state index contributed by atoms with van der Waals surface area (Å²) < 4.78 is 2.94. The lowest BCUT2D eigenvalue weighted by Crippen LogP contribution is -2.15. The summed E-state index contributed by atoms with van der Waals surface area (Å²) in [5.74, 6) is -0.0478. The summed E-state index contributed by atoms with van der Waals surface area (Å²) in [7, 11) is 0. The van der Waals surface area contributed by atoms with Gasteiger partial charge >= 0.3 is 0 Å². The molecule has 0 atom stereocenters. The van der Waals surface area contributed by atoms with Gasteiger partial charge in [0.15, 0.2) is 4.96 Å². The molecule has 0 fully saturated rings. The number of carbonyl (C=O) groups is 1. The van der Waals surface area contributed by atoms with E-state index in [1.165, 1.54) is 5.56 Å². The third-order valence-corrected chi connectivity index (χ3v) is 5.46. The molecule has 4 nitrogen and oxygen atoms in total. The Kier molecular flexibility index (Phi) is 4.61. The molecule has 4 aromatic rings. The highest BCUT2D eigenvalue weighted by molar-refractivity contribution is 9.10. The fraction of sp³-hybridized carbons (Fsp3) is 0.100. The molecular formula is C20H16BrN3OS. The zero-order chi connectivity index (χ0) is 18.1. The number of carbonyl (C=O) groups excluding carboxylic acids is 1. The van der Waals surface area contributed by atoms with Crippen molar-refractivity contribution in [3.8, 4) is 11.3 Å². The number of hydrogen-bond donors (Lipinski definition) is 1. The number of nitrogens with zero attached hydrogens (tertiary/aromatic N) is 2. The van der Waals surface area contributed by atoms with Crippen LogP contribution >= 0.6 is 27.3 Å². The minimum Gasteiger partial charge on any atom is -0.326 e. The molecule has 130 valence electrons. The number of aromatic nitrogens is 2. The summed E-state index contributed by atoms with van der Waals surface area (Å²) in [6.07, 6.45) is 2.30. The quantitative estimate of drug-likeness (QED) is 0.481. The van der Waals surface area contributed by atoms with Crippen molar-refractivity contribution in [2.24, 2.45) is 0 Å². The van der Waals surface area contributed by atoms with Crippen molar-refractivity contribution in [1.82, 2.24) is 9.38 Å². The van der Waals surface area contributed by atoms with Gasteiger partial charge in [-0.3, -0.25) is 9.20 Å². The van der Waals surface area contributed by atoms with Gasteiger partial charge in [0.25, 0.3) is 0 Å². The van der Waals surface area contributed by atoms with Gasteiger partial charge in [-0.1, -0.05) is 51.8 Å². The van der Waals surface area contributed by atoms with Crippen LogP contribution in [0.25, 0.3) is 16.2 Å². The fourth-order valence-electron chi connectivity index (χ4n) is 2.76. The number of halogens is 1. The molecule has 6 heteroatoms. The molecule has 0 aliphatic carbocycles. The maximum absolute atomic E-state index is 12.4. The van der Waals surface area contributed by atoms with Crippen LogP contribution in [0.1, 0.15) is 11.3 Å². The number of nitrogens with one attached hydrogen (secondary N) is 1. The van der Waals surface area contributed by atoms with Crippen molar-refractivity contribution in [2.75, 3.05) is 5.32 Å². The highest BCUT2D eigenvalue weighted by atomic mass is 79.9. The van der Waals surface area contributed by atoms with E-state index < -0.39 is 0 Å². The van der Waals surface area contributed by atoms with E-state index in [1.54, 1.807) is 11.3 Å². The summed E-state index contributed by atoms with van der Waals surface area (Å²) in [6.45, 7) is 2.07. The molecule has 0 saturated heterocycles. The summed E-state index contributed by atoms with van der Waals surface area (Å²) in [6, 6.07) is 15.9. The molecule has 0 unspecified atom stereocenters. The molecule has 0 radical (unpaired) electrons. The molecule has 0 aliphatic heterocycles. The van der Waals surface area contributed by atoms with Gasteiger partial charge in [-0.25, -0.2) is 4.98 Å². The van der Waals surface area contributed by atoms with Crippen LogP contribution in [0.15, 0.2) is 64.6 Å². The smallest absolute Gasteiger partial charge is 0.230 e. The Labute approximate surface area is 163 Å². The van der Waals surface area contributed by atoms with Crippen LogP contribution in [0.2, 0.25) is 0 Å². The van der Waals surface area contributed by atoms with E-state index in [4.69, 9.17) is 0 Å². The zero-order valence-corrected chi connectivity index (χ0v) is 16.5. The molecule has 1 amide bonds. The highest BCUT2D eigenvalue weighted by Crippen LogP contribution is 2.24. The molecule has 1 N–H and O–H groups in total. The SMILES string of the molecule is Cc1ccc(-c2cn3c(CC(=O)Nc4cccc(Br)c4)csc3n2)cc1. The molecular weight excluding hydrogens is 410 g/mol. The molecule has 2 heterocycles. The first-order valence-electron chi connectivity index (χ1n) is 8.16. The fourth-order valence-corrected chi connectivity index (χ4v) is 4.03. The third kappa shape index (κ3) is 3.57. The Morgan fingerprint density at radius 2 is 2.04 bits per heavy atom. The van der Waals surface area contributed by atoms with E-state index in [1.807, 2.05) is 40.2 Å². The molecule has 2 aromatic heterocycles. The van der Waals surface area contributed by atoms with Gasteiger partial charge in [0, 0.05) is 33.0 Å². The molecule has 4 rings (SSSR count). The van der Waals surface area contributed by atoms with Crippen LogP contribution in [-0.4, -0.2) is 15.3 Å². The van der Waals surface area contributed by atoms with Crippen LogP contribution in [-0.2, 0) is 11.2 Å². The molecule has 2 aromatic carbocycles. The van der Waals surface area contributed by atoms with Crippen molar-refractivity contribution in [3.05, 3.63) is 75.8 Å². The molecule has 0 bridgehead atoms. The Hall–Kier alpha value is -2.44. The number of rotatable bonds is 4. The summed E-state index contributed by atoms with van der Waals surface area (Å²) in [5, 5.41) is 4.92. The Balaban J connectivity index is 1.55. The predicted molar refractivity (Wildman–Crippen MR) is 110 cm³/mol. The number of amides is 1. The number of aryl methyl sites for hydroxylation is 1. The van der Waals surface area contributed by atoms with Gasteiger partial charge in [0.05, 0.1) is 12.1 Å². The average molecular weight is 426 g/mol. The van der Waals surface area contributed by atoms with E-state index in [2.05, 4.69) is 57.4 Å². The monoisotopic (exact) mass is 425 g/mol. The van der Waals surface area contributed by atoms with Crippen molar-refractivity contribution < 1.29 is 4.79 Å². The van der Waals surface area contributed by atoms with Crippen molar-refractivity contribution in [3.63, 3.8) is 0 Å². The number of thiazole rings is 1.